The van der Waals surface area contributed by atoms with Crippen molar-refractivity contribution >= 4 is 19.0 Å². The van der Waals surface area contributed by atoms with Gasteiger partial charge in [-0.25, -0.2) is 9.38 Å². The third-order valence-electron chi connectivity index (χ3n) is 4.76. The quantitative estimate of drug-likeness (QED) is 0.406. The van der Waals surface area contributed by atoms with Gasteiger partial charge >= 0.3 is 0 Å². The summed E-state index contributed by atoms with van der Waals surface area (Å²) in [6, 6.07) is 8.61. The maximum atomic E-state index is 14.2. The molecule has 2 unspecified atom stereocenters. The molecule has 4 rings (SSSR count). The Bertz CT molecular complexity index is 1100. The van der Waals surface area contributed by atoms with Crippen molar-refractivity contribution in [2.45, 2.75) is 32.5 Å². The van der Waals surface area contributed by atoms with Crippen LogP contribution in [-0.4, -0.2) is 25.8 Å². The van der Waals surface area contributed by atoms with Crippen LogP contribution in [0.1, 0.15) is 30.5 Å². The van der Waals surface area contributed by atoms with E-state index in [0.717, 1.165) is 11.1 Å². The Labute approximate surface area is 165 Å². The van der Waals surface area contributed by atoms with Crippen molar-refractivity contribution in [3.8, 4) is 23.3 Å². The number of nitrogens with zero attached hydrogens (tertiary/aromatic N) is 1. The van der Waals surface area contributed by atoms with Crippen molar-refractivity contribution in [2.24, 2.45) is 4.99 Å². The number of allylic oxidation sites excluding steroid dienone is 1. The molecule has 0 spiro atoms. The topological polar surface area (TPSA) is 30.8 Å². The van der Waals surface area contributed by atoms with Crippen molar-refractivity contribution in [2.75, 3.05) is 0 Å². The first kappa shape index (κ1) is 18.2. The Morgan fingerprint density at radius 3 is 2.68 bits per heavy atom. The third-order valence-corrected chi connectivity index (χ3v) is 4.76. The zero-order valence-corrected chi connectivity index (χ0v) is 15.6. The minimum Gasteiger partial charge on any atom is -0.483 e. The van der Waals surface area contributed by atoms with Gasteiger partial charge in [-0.15, -0.1) is 5.73 Å². The van der Waals surface area contributed by atoms with Gasteiger partial charge in [0.15, 0.2) is 11.5 Å². The Kier molecular flexibility index (Phi) is 4.82. The fraction of sp³-hybridized carbons (Fsp3) is 0.217. The molecule has 0 aliphatic carbocycles. The summed E-state index contributed by atoms with van der Waals surface area (Å²) in [5, 5.41) is 0. The van der Waals surface area contributed by atoms with Crippen molar-refractivity contribution < 1.29 is 13.9 Å². The number of hydrogen-bond acceptors (Lipinski definition) is 3. The van der Waals surface area contributed by atoms with Gasteiger partial charge in [-0.2, -0.15) is 0 Å². The summed E-state index contributed by atoms with van der Waals surface area (Å²) in [6.07, 6.45) is 4.01. The molecule has 0 amide bonds. The molecule has 0 saturated heterocycles. The number of rotatable bonds is 0. The second-order valence-corrected chi connectivity index (χ2v) is 6.74. The molecular weight excluding hydrogens is 352 g/mol. The van der Waals surface area contributed by atoms with Gasteiger partial charge < -0.3 is 9.47 Å². The lowest BCUT2D eigenvalue weighted by atomic mass is 9.93. The van der Waals surface area contributed by atoms with E-state index in [1.165, 1.54) is 6.07 Å². The smallest absolute Gasteiger partial charge is 0.162 e. The molecule has 2 aliphatic rings. The maximum absolute atomic E-state index is 14.2. The van der Waals surface area contributed by atoms with Crippen molar-refractivity contribution in [1.29, 1.82) is 0 Å². The van der Waals surface area contributed by atoms with Crippen LogP contribution in [0.5, 0.6) is 11.5 Å². The minimum absolute atomic E-state index is 0.0333. The largest absolute Gasteiger partial charge is 0.483 e. The summed E-state index contributed by atoms with van der Waals surface area (Å²) in [5.41, 5.74) is 5.63. The van der Waals surface area contributed by atoms with Crippen molar-refractivity contribution in [1.82, 2.24) is 0 Å². The highest BCUT2D eigenvalue weighted by molar-refractivity contribution is 6.32. The molecule has 136 valence electrons. The predicted molar refractivity (Wildman–Crippen MR) is 108 cm³/mol. The number of hydrogen-bond donors (Lipinski definition) is 0. The second kappa shape index (κ2) is 7.42. The molecule has 0 aromatic heterocycles. The first-order valence-corrected chi connectivity index (χ1v) is 9.07. The zero-order valence-electron chi connectivity index (χ0n) is 15.6. The highest BCUT2D eigenvalue weighted by Gasteiger charge is 2.26. The molecule has 2 aromatic carbocycles. The van der Waals surface area contributed by atoms with Gasteiger partial charge in [0.2, 0.25) is 0 Å². The fourth-order valence-electron chi connectivity index (χ4n) is 3.03. The highest BCUT2D eigenvalue weighted by Crippen LogP contribution is 2.37. The molecule has 2 radical (unpaired) electrons. The second-order valence-electron chi connectivity index (χ2n) is 6.74. The molecule has 0 fully saturated rings. The lowest BCUT2D eigenvalue weighted by Crippen LogP contribution is -2.35. The number of aliphatic imine (C=N–C) groups is 1. The van der Waals surface area contributed by atoms with Crippen LogP contribution in [0.15, 0.2) is 53.3 Å². The van der Waals surface area contributed by atoms with Crippen molar-refractivity contribution in [3.63, 3.8) is 0 Å². The van der Waals surface area contributed by atoms with Gasteiger partial charge in [0.1, 0.15) is 31.6 Å². The molecule has 2 aliphatic heterocycles. The summed E-state index contributed by atoms with van der Waals surface area (Å²) in [5.74, 6) is 6.66. The van der Waals surface area contributed by atoms with Gasteiger partial charge in [0.05, 0.1) is 11.8 Å². The fourth-order valence-corrected chi connectivity index (χ4v) is 3.03. The number of fused-ring (bicyclic) bond motifs is 2. The Morgan fingerprint density at radius 1 is 1.14 bits per heavy atom. The third kappa shape index (κ3) is 3.47. The first-order valence-electron chi connectivity index (χ1n) is 9.07. The molecule has 2 heterocycles. The van der Waals surface area contributed by atoms with E-state index >= 15 is 0 Å². The zero-order chi connectivity index (χ0) is 19.7. The van der Waals surface area contributed by atoms with E-state index in [2.05, 4.69) is 22.6 Å². The summed E-state index contributed by atoms with van der Waals surface area (Å²) in [7, 11) is 5.63. The molecular formula is C23H17BFNO2. The maximum Gasteiger partial charge on any atom is 0.162 e. The van der Waals surface area contributed by atoms with Gasteiger partial charge in [0.25, 0.3) is 0 Å². The summed E-state index contributed by atoms with van der Waals surface area (Å²) >= 11 is 0. The Balaban J connectivity index is 1.80. The Hall–Kier alpha value is -3.22. The molecule has 28 heavy (non-hydrogen) atoms. The summed E-state index contributed by atoms with van der Waals surface area (Å²) in [4.78, 5) is 4.40. The van der Waals surface area contributed by atoms with Crippen LogP contribution in [0.2, 0.25) is 0 Å². The summed E-state index contributed by atoms with van der Waals surface area (Å²) < 4.78 is 26.1. The molecule has 0 bridgehead atoms. The van der Waals surface area contributed by atoms with Crippen LogP contribution in [0.3, 0.4) is 0 Å². The standard InChI is InChI=1S/C23H17BFNO2/c1-14-15(2)28-22-13-18-17(12-21(22)27-14)6-3-4-11-26-20(18)10-9-16-7-5-8-19(24)23(16)25/h3,5,7-8,11-15H,6H2,1-2H3. The van der Waals surface area contributed by atoms with E-state index in [-0.39, 0.29) is 23.2 Å². The first-order chi connectivity index (χ1) is 13.5. The van der Waals surface area contributed by atoms with Crippen LogP contribution < -0.4 is 14.9 Å². The lowest BCUT2D eigenvalue weighted by Gasteiger charge is -2.30. The Morgan fingerprint density at radius 2 is 1.89 bits per heavy atom. The van der Waals surface area contributed by atoms with Crippen LogP contribution in [0.4, 0.5) is 4.39 Å². The van der Waals surface area contributed by atoms with Crippen LogP contribution in [0, 0.1) is 17.7 Å². The van der Waals surface area contributed by atoms with Gasteiger partial charge in [-0.05, 0) is 56.0 Å². The minimum atomic E-state index is -0.526. The monoisotopic (exact) mass is 369 g/mol. The number of benzene rings is 2. The van der Waals surface area contributed by atoms with Crippen LogP contribution >= 0.6 is 0 Å². The molecule has 5 heteroatoms. The van der Waals surface area contributed by atoms with E-state index in [1.807, 2.05) is 32.1 Å². The molecule has 0 saturated carbocycles. The van der Waals surface area contributed by atoms with Crippen LogP contribution in [-0.2, 0) is 6.42 Å². The van der Waals surface area contributed by atoms with Gasteiger partial charge in [0, 0.05) is 5.56 Å². The molecule has 3 nitrogen and oxygen atoms in total. The number of halogens is 1. The number of ether oxygens (including phenoxy) is 2. The van der Waals surface area contributed by atoms with Gasteiger partial charge in [-0.1, -0.05) is 23.5 Å². The average Bonchev–Trinajstić information content (AvgIpc) is 2.66. The van der Waals surface area contributed by atoms with E-state index in [1.54, 1.807) is 18.3 Å². The molecule has 0 N–H and O–H groups in total. The molecule has 2 aromatic rings. The van der Waals surface area contributed by atoms with Gasteiger partial charge in [-0.3, -0.25) is 0 Å². The lowest BCUT2D eigenvalue weighted by molar-refractivity contribution is 0.0429. The molecule has 2 atom stereocenters. The SMILES string of the molecule is [B]c1cccc(C#CC2=NC=C=CCc3cc4c(cc32)OC(C)C(C)O4)c1F. The van der Waals surface area contributed by atoms with E-state index in [0.29, 0.717) is 23.6 Å². The predicted octanol–water partition coefficient (Wildman–Crippen LogP) is 3.23. The van der Waals surface area contributed by atoms with Crippen LogP contribution in [0.25, 0.3) is 0 Å². The average molecular weight is 369 g/mol. The normalized spacial score (nSPS) is 19.6. The van der Waals surface area contributed by atoms with Crippen molar-refractivity contribution in [3.05, 3.63) is 70.8 Å². The van der Waals surface area contributed by atoms with E-state index < -0.39 is 5.82 Å². The van der Waals surface area contributed by atoms with E-state index in [4.69, 9.17) is 17.3 Å². The highest BCUT2D eigenvalue weighted by atomic mass is 19.1. The summed E-state index contributed by atoms with van der Waals surface area (Å²) in [6.45, 7) is 3.94. The van der Waals surface area contributed by atoms with E-state index in [9.17, 15) is 4.39 Å².